The first-order chi connectivity index (χ1) is 11.5. The van der Waals surface area contributed by atoms with Gasteiger partial charge in [0.25, 0.3) is 0 Å². The number of amides is 1. The highest BCUT2D eigenvalue weighted by Crippen LogP contribution is 2.22. The summed E-state index contributed by atoms with van der Waals surface area (Å²) in [6.45, 7) is 7.44. The highest BCUT2D eigenvalue weighted by Gasteiger charge is 2.33. The maximum atomic E-state index is 12.5. The summed E-state index contributed by atoms with van der Waals surface area (Å²) in [5.41, 5.74) is 0. The maximum Gasteiger partial charge on any atom is 0.243 e. The monoisotopic (exact) mass is 329 g/mol. The predicted octanol–water partition coefficient (Wildman–Crippen LogP) is 1.18. The molecule has 3 rings (SSSR count). The van der Waals surface area contributed by atoms with Crippen LogP contribution in [0.2, 0.25) is 0 Å². The average Bonchev–Trinajstić information content (AvgIpc) is 3.14. The second-order valence-corrected chi connectivity index (χ2v) is 6.16. The Morgan fingerprint density at radius 3 is 2.79 bits per heavy atom. The molecule has 0 bridgehead atoms. The molecule has 8 heteroatoms. The lowest BCUT2D eigenvalue weighted by Crippen LogP contribution is -2.46. The maximum absolute atomic E-state index is 12.5. The van der Waals surface area contributed by atoms with Gasteiger partial charge in [-0.1, -0.05) is 0 Å². The largest absolute Gasteiger partial charge is 0.293 e. The van der Waals surface area contributed by atoms with E-state index in [1.165, 1.54) is 0 Å². The van der Waals surface area contributed by atoms with Crippen LogP contribution in [0.1, 0.15) is 31.4 Å². The molecular weight excluding hydrogens is 306 g/mol. The van der Waals surface area contributed by atoms with Crippen molar-refractivity contribution in [2.24, 2.45) is 0 Å². The molecular formula is C16H23N7O. The van der Waals surface area contributed by atoms with E-state index in [1.54, 1.807) is 18.5 Å². The van der Waals surface area contributed by atoms with Crippen molar-refractivity contribution in [3.8, 4) is 0 Å². The van der Waals surface area contributed by atoms with Gasteiger partial charge in [0.15, 0.2) is 0 Å². The minimum Gasteiger partial charge on any atom is -0.293 e. The van der Waals surface area contributed by atoms with E-state index in [1.807, 2.05) is 25.5 Å². The van der Waals surface area contributed by atoms with E-state index in [0.29, 0.717) is 5.95 Å². The van der Waals surface area contributed by atoms with E-state index in [0.717, 1.165) is 37.6 Å². The van der Waals surface area contributed by atoms with Crippen molar-refractivity contribution in [2.75, 3.05) is 11.9 Å². The predicted molar refractivity (Wildman–Crippen MR) is 89.3 cm³/mol. The molecule has 1 saturated heterocycles. The molecule has 0 aliphatic carbocycles. The van der Waals surface area contributed by atoms with Gasteiger partial charge in [0.1, 0.15) is 11.6 Å². The second kappa shape index (κ2) is 7.04. The van der Waals surface area contributed by atoms with Gasteiger partial charge in [0.2, 0.25) is 11.9 Å². The summed E-state index contributed by atoms with van der Waals surface area (Å²) in [5.74, 6) is 1.95. The number of anilines is 1. The Kier molecular flexibility index (Phi) is 4.84. The van der Waals surface area contributed by atoms with Crippen LogP contribution in [0.3, 0.4) is 0 Å². The molecule has 2 aromatic rings. The zero-order valence-electron chi connectivity index (χ0n) is 14.3. The first-order valence-corrected chi connectivity index (χ1v) is 8.26. The molecule has 24 heavy (non-hydrogen) atoms. The molecule has 1 fully saturated rings. The number of rotatable bonds is 5. The van der Waals surface area contributed by atoms with Crippen LogP contribution in [0.4, 0.5) is 5.95 Å². The third-order valence-corrected chi connectivity index (χ3v) is 4.45. The van der Waals surface area contributed by atoms with Crippen LogP contribution in [0.15, 0.2) is 18.5 Å². The van der Waals surface area contributed by atoms with Gasteiger partial charge < -0.3 is 0 Å². The molecule has 1 amide bonds. The number of hydrogen-bond acceptors (Lipinski definition) is 6. The van der Waals surface area contributed by atoms with Crippen molar-refractivity contribution in [3.05, 3.63) is 30.1 Å². The lowest BCUT2D eigenvalue weighted by Gasteiger charge is -2.29. The molecule has 2 aromatic heterocycles. The summed E-state index contributed by atoms with van der Waals surface area (Å²) in [6, 6.07) is 1.76. The minimum atomic E-state index is -0.244. The van der Waals surface area contributed by atoms with Gasteiger partial charge in [-0.15, -0.1) is 0 Å². The van der Waals surface area contributed by atoms with Crippen LogP contribution in [0, 0.1) is 13.8 Å². The number of aromatic nitrogens is 5. The fourth-order valence-electron chi connectivity index (χ4n) is 3.23. The summed E-state index contributed by atoms with van der Waals surface area (Å²) in [6.07, 6.45) is 5.36. The fraction of sp³-hybridized carbons (Fsp3) is 0.562. The number of nitrogens with zero attached hydrogens (tertiary/aromatic N) is 6. The van der Waals surface area contributed by atoms with Gasteiger partial charge in [-0.25, -0.2) is 19.6 Å². The van der Waals surface area contributed by atoms with Crippen molar-refractivity contribution in [1.29, 1.82) is 0 Å². The van der Waals surface area contributed by atoms with Crippen LogP contribution in [0.25, 0.3) is 0 Å². The molecule has 0 saturated carbocycles. The van der Waals surface area contributed by atoms with Crippen LogP contribution in [-0.4, -0.2) is 54.2 Å². The van der Waals surface area contributed by atoms with Gasteiger partial charge in [0, 0.05) is 18.4 Å². The first kappa shape index (κ1) is 16.5. The Labute approximate surface area is 141 Å². The SMILES string of the molecule is Cc1nc(C)n(C[C@H]2CCCN2[C@H](C)C(=O)Nc2ncccn2)n1. The lowest BCUT2D eigenvalue weighted by molar-refractivity contribution is -0.121. The third kappa shape index (κ3) is 3.59. The highest BCUT2D eigenvalue weighted by atomic mass is 16.2. The fourth-order valence-corrected chi connectivity index (χ4v) is 3.23. The highest BCUT2D eigenvalue weighted by molar-refractivity contribution is 5.93. The number of carbonyl (C=O) groups is 1. The van der Waals surface area contributed by atoms with Crippen molar-refractivity contribution in [3.63, 3.8) is 0 Å². The Hall–Kier alpha value is -2.35. The normalized spacial score (nSPS) is 19.4. The molecule has 1 aliphatic heterocycles. The Balaban J connectivity index is 1.65. The number of carbonyl (C=O) groups excluding carboxylic acids is 1. The zero-order valence-corrected chi connectivity index (χ0v) is 14.3. The van der Waals surface area contributed by atoms with Crippen LogP contribution in [0.5, 0.6) is 0 Å². The number of likely N-dealkylation sites (tertiary alicyclic amines) is 1. The van der Waals surface area contributed by atoms with E-state index in [-0.39, 0.29) is 18.0 Å². The molecule has 0 unspecified atom stereocenters. The van der Waals surface area contributed by atoms with E-state index >= 15 is 0 Å². The molecule has 2 atom stereocenters. The van der Waals surface area contributed by atoms with E-state index in [4.69, 9.17) is 0 Å². The Bertz CT molecular complexity index is 700. The van der Waals surface area contributed by atoms with Crippen LogP contribution >= 0.6 is 0 Å². The number of hydrogen-bond donors (Lipinski definition) is 1. The number of aryl methyl sites for hydroxylation is 2. The molecule has 3 heterocycles. The summed E-state index contributed by atoms with van der Waals surface area (Å²) in [4.78, 5) is 27.2. The van der Waals surface area contributed by atoms with Crippen LogP contribution < -0.4 is 5.32 Å². The van der Waals surface area contributed by atoms with Crippen molar-refractivity contribution >= 4 is 11.9 Å². The van der Waals surface area contributed by atoms with E-state index in [9.17, 15) is 4.79 Å². The van der Waals surface area contributed by atoms with Crippen molar-refractivity contribution in [2.45, 2.75) is 52.2 Å². The molecule has 8 nitrogen and oxygen atoms in total. The minimum absolute atomic E-state index is 0.0837. The molecule has 1 aliphatic rings. The van der Waals surface area contributed by atoms with Crippen molar-refractivity contribution in [1.82, 2.24) is 29.6 Å². The lowest BCUT2D eigenvalue weighted by atomic mass is 10.2. The molecule has 0 spiro atoms. The smallest absolute Gasteiger partial charge is 0.243 e. The summed E-state index contributed by atoms with van der Waals surface area (Å²) < 4.78 is 1.93. The first-order valence-electron chi connectivity index (χ1n) is 8.26. The Morgan fingerprint density at radius 1 is 1.38 bits per heavy atom. The van der Waals surface area contributed by atoms with E-state index in [2.05, 4.69) is 30.3 Å². The third-order valence-electron chi connectivity index (χ3n) is 4.45. The molecule has 0 radical (unpaired) electrons. The molecule has 128 valence electrons. The second-order valence-electron chi connectivity index (χ2n) is 6.16. The average molecular weight is 329 g/mol. The van der Waals surface area contributed by atoms with Gasteiger partial charge in [-0.3, -0.25) is 15.0 Å². The zero-order chi connectivity index (χ0) is 17.1. The van der Waals surface area contributed by atoms with Crippen molar-refractivity contribution < 1.29 is 4.79 Å². The Morgan fingerprint density at radius 2 is 2.12 bits per heavy atom. The van der Waals surface area contributed by atoms with E-state index < -0.39 is 0 Å². The summed E-state index contributed by atoms with van der Waals surface area (Å²) >= 11 is 0. The molecule has 1 N–H and O–H groups in total. The van der Waals surface area contributed by atoms with Gasteiger partial charge in [-0.2, -0.15) is 5.10 Å². The quantitative estimate of drug-likeness (QED) is 0.886. The standard InChI is InChI=1S/C16H23N7O/c1-11(15(24)20-16-17-7-5-8-18-16)22-9-4-6-14(22)10-23-13(3)19-12(2)21-23/h5,7-8,11,14H,4,6,9-10H2,1-3H3,(H,17,18,20,24)/t11-,14-/m1/s1. The number of nitrogens with one attached hydrogen (secondary N) is 1. The topological polar surface area (TPSA) is 88.8 Å². The molecule has 0 aromatic carbocycles. The van der Waals surface area contributed by atoms with Crippen LogP contribution in [-0.2, 0) is 11.3 Å². The van der Waals surface area contributed by atoms with Gasteiger partial charge >= 0.3 is 0 Å². The summed E-state index contributed by atoms with van der Waals surface area (Å²) in [7, 11) is 0. The van der Waals surface area contributed by atoms with Gasteiger partial charge in [-0.05, 0) is 46.2 Å². The van der Waals surface area contributed by atoms with Gasteiger partial charge in [0.05, 0.1) is 12.6 Å². The summed E-state index contributed by atoms with van der Waals surface area (Å²) in [5, 5.41) is 7.22.